The number of carbonyl (C=O) groups excluding carboxylic acids is 2. The van der Waals surface area contributed by atoms with E-state index in [0.29, 0.717) is 5.69 Å². The van der Waals surface area contributed by atoms with Crippen LogP contribution in [-0.2, 0) is 16.0 Å². The maximum Gasteiger partial charge on any atom is 0.230 e. The molecule has 7 heteroatoms. The smallest absolute Gasteiger partial charge is 0.230 e. The Balaban J connectivity index is 1.32. The molecule has 2 N–H and O–H groups in total. The first-order valence-electron chi connectivity index (χ1n) is 8.35. The zero-order chi connectivity index (χ0) is 17.9. The fraction of sp³-hybridized carbons (Fsp3) is 0.211. The summed E-state index contributed by atoms with van der Waals surface area (Å²) in [5, 5.41) is 12.7. The van der Waals surface area contributed by atoms with E-state index >= 15 is 0 Å². The average Bonchev–Trinajstić information content (AvgIpc) is 3.14. The monoisotopic (exact) mass is 383 g/mol. The van der Waals surface area contributed by atoms with Gasteiger partial charge in [-0.15, -0.1) is 11.3 Å². The van der Waals surface area contributed by atoms with Crippen molar-refractivity contribution in [1.29, 1.82) is 0 Å². The molecule has 4 rings (SSSR count). The zero-order valence-electron chi connectivity index (χ0n) is 13.9. The van der Waals surface area contributed by atoms with Crippen LogP contribution >= 0.6 is 22.7 Å². The molecule has 0 unspecified atom stereocenters. The number of carbonyl (C=O) groups is 2. The second kappa shape index (κ2) is 7.39. The van der Waals surface area contributed by atoms with Gasteiger partial charge in [-0.2, -0.15) is 11.3 Å². The van der Waals surface area contributed by atoms with Crippen LogP contribution in [0.25, 0.3) is 10.6 Å². The molecule has 26 heavy (non-hydrogen) atoms. The molecule has 5 nitrogen and oxygen atoms in total. The van der Waals surface area contributed by atoms with Gasteiger partial charge in [0.15, 0.2) is 0 Å². The standard InChI is InChI=1S/C19H17N3O2S2/c23-17(9-16-11-26-19(22-16)13-7-8-25-10-13)20-14-3-5-15(6-4-14)21-18(24)12-1-2-12/h3-8,10-12H,1-2,9H2,(H,20,23)(H,21,24). The molecule has 2 heterocycles. The van der Waals surface area contributed by atoms with Crippen molar-refractivity contribution in [1.82, 2.24) is 4.98 Å². The number of hydrogen-bond acceptors (Lipinski definition) is 5. The van der Waals surface area contributed by atoms with Crippen molar-refractivity contribution < 1.29 is 9.59 Å². The Morgan fingerprint density at radius 2 is 1.77 bits per heavy atom. The summed E-state index contributed by atoms with van der Waals surface area (Å²) in [6.45, 7) is 0. The Kier molecular flexibility index (Phi) is 4.81. The zero-order valence-corrected chi connectivity index (χ0v) is 15.5. The van der Waals surface area contributed by atoms with Crippen LogP contribution < -0.4 is 10.6 Å². The number of anilines is 2. The maximum absolute atomic E-state index is 12.2. The second-order valence-corrected chi connectivity index (χ2v) is 7.86. The number of amides is 2. The maximum atomic E-state index is 12.2. The van der Waals surface area contributed by atoms with E-state index in [2.05, 4.69) is 15.6 Å². The first-order valence-corrected chi connectivity index (χ1v) is 10.2. The lowest BCUT2D eigenvalue weighted by Crippen LogP contribution is -2.15. The number of nitrogens with one attached hydrogen (secondary N) is 2. The number of nitrogens with zero attached hydrogens (tertiary/aromatic N) is 1. The van der Waals surface area contributed by atoms with Gasteiger partial charge >= 0.3 is 0 Å². The number of hydrogen-bond donors (Lipinski definition) is 2. The minimum Gasteiger partial charge on any atom is -0.326 e. The molecule has 0 atom stereocenters. The van der Waals surface area contributed by atoms with Crippen LogP contribution in [0.1, 0.15) is 18.5 Å². The van der Waals surface area contributed by atoms with Crippen molar-refractivity contribution in [3.8, 4) is 10.6 Å². The van der Waals surface area contributed by atoms with Gasteiger partial charge in [0.2, 0.25) is 11.8 Å². The van der Waals surface area contributed by atoms with Crippen molar-refractivity contribution in [2.75, 3.05) is 10.6 Å². The third-order valence-electron chi connectivity index (χ3n) is 4.05. The van der Waals surface area contributed by atoms with E-state index in [9.17, 15) is 9.59 Å². The quantitative estimate of drug-likeness (QED) is 0.663. The highest BCUT2D eigenvalue weighted by Crippen LogP contribution is 2.30. The summed E-state index contributed by atoms with van der Waals surface area (Å²) >= 11 is 3.18. The molecule has 3 aromatic rings. The highest BCUT2D eigenvalue weighted by Gasteiger charge is 2.29. The van der Waals surface area contributed by atoms with E-state index in [1.54, 1.807) is 46.9 Å². The Hall–Kier alpha value is -2.51. The van der Waals surface area contributed by atoms with Crippen molar-refractivity contribution in [2.24, 2.45) is 5.92 Å². The third kappa shape index (κ3) is 4.17. The third-order valence-corrected chi connectivity index (χ3v) is 5.67. The number of aromatic nitrogens is 1. The van der Waals surface area contributed by atoms with Gasteiger partial charge in [-0.05, 0) is 48.6 Å². The van der Waals surface area contributed by atoms with E-state index in [4.69, 9.17) is 0 Å². The van der Waals surface area contributed by atoms with Crippen LogP contribution in [0.3, 0.4) is 0 Å². The molecule has 1 aromatic carbocycles. The SMILES string of the molecule is O=C(Cc1csc(-c2ccsc2)n1)Nc1ccc(NC(=O)C2CC2)cc1. The normalized spacial score (nSPS) is 13.4. The molecule has 1 saturated carbocycles. The Labute approximate surface area is 159 Å². The van der Waals surface area contributed by atoms with Crippen molar-refractivity contribution in [3.05, 3.63) is 52.2 Å². The lowest BCUT2D eigenvalue weighted by atomic mass is 10.2. The molecule has 0 spiro atoms. The molecular formula is C19H17N3O2S2. The molecule has 0 saturated heterocycles. The highest BCUT2D eigenvalue weighted by molar-refractivity contribution is 7.14. The Morgan fingerprint density at radius 1 is 1.04 bits per heavy atom. The predicted octanol–water partition coefficient (Wildman–Crippen LogP) is 4.40. The van der Waals surface area contributed by atoms with Crippen LogP contribution in [0.15, 0.2) is 46.5 Å². The van der Waals surface area contributed by atoms with E-state index in [1.165, 1.54) is 0 Å². The summed E-state index contributed by atoms with van der Waals surface area (Å²) < 4.78 is 0. The van der Waals surface area contributed by atoms with Crippen LogP contribution in [0.5, 0.6) is 0 Å². The van der Waals surface area contributed by atoms with Crippen molar-refractivity contribution in [2.45, 2.75) is 19.3 Å². The van der Waals surface area contributed by atoms with E-state index in [0.717, 1.165) is 34.8 Å². The first-order chi connectivity index (χ1) is 12.7. The fourth-order valence-electron chi connectivity index (χ4n) is 2.50. The summed E-state index contributed by atoms with van der Waals surface area (Å²) in [5.74, 6) is 0.139. The largest absolute Gasteiger partial charge is 0.326 e. The molecule has 2 aromatic heterocycles. The number of thiazole rings is 1. The fourth-order valence-corrected chi connectivity index (χ4v) is 4.04. The lowest BCUT2D eigenvalue weighted by molar-refractivity contribution is -0.117. The van der Waals surface area contributed by atoms with Crippen LogP contribution in [0.4, 0.5) is 11.4 Å². The van der Waals surface area contributed by atoms with E-state index in [1.807, 2.05) is 22.2 Å². The minimum atomic E-state index is -0.109. The van der Waals surface area contributed by atoms with Gasteiger partial charge < -0.3 is 10.6 Å². The van der Waals surface area contributed by atoms with E-state index < -0.39 is 0 Å². The molecule has 1 fully saturated rings. The molecular weight excluding hydrogens is 366 g/mol. The van der Waals surface area contributed by atoms with Gasteiger partial charge in [0.05, 0.1) is 12.1 Å². The predicted molar refractivity (Wildman–Crippen MR) is 106 cm³/mol. The Morgan fingerprint density at radius 3 is 2.42 bits per heavy atom. The van der Waals surface area contributed by atoms with Gasteiger partial charge in [-0.25, -0.2) is 4.98 Å². The van der Waals surface area contributed by atoms with Gasteiger partial charge in [0.1, 0.15) is 5.01 Å². The molecule has 0 aliphatic heterocycles. The molecule has 1 aliphatic rings. The van der Waals surface area contributed by atoms with Crippen LogP contribution in [0, 0.1) is 5.92 Å². The molecule has 0 radical (unpaired) electrons. The molecule has 132 valence electrons. The number of benzene rings is 1. The van der Waals surface area contributed by atoms with E-state index in [-0.39, 0.29) is 24.2 Å². The lowest BCUT2D eigenvalue weighted by Gasteiger charge is -2.07. The highest BCUT2D eigenvalue weighted by atomic mass is 32.1. The van der Waals surface area contributed by atoms with Crippen LogP contribution in [-0.4, -0.2) is 16.8 Å². The van der Waals surface area contributed by atoms with Crippen LogP contribution in [0.2, 0.25) is 0 Å². The van der Waals surface area contributed by atoms with Crippen molar-refractivity contribution >= 4 is 45.9 Å². The average molecular weight is 383 g/mol. The summed E-state index contributed by atoms with van der Waals surface area (Å²) in [5.41, 5.74) is 3.31. The van der Waals surface area contributed by atoms with Gasteiger partial charge in [-0.3, -0.25) is 9.59 Å². The molecule has 0 bridgehead atoms. The summed E-state index contributed by atoms with van der Waals surface area (Å²) in [7, 11) is 0. The van der Waals surface area contributed by atoms with Gasteiger partial charge in [-0.1, -0.05) is 0 Å². The minimum absolute atomic E-state index is 0.0757. The topological polar surface area (TPSA) is 71.1 Å². The first kappa shape index (κ1) is 16.9. The number of thiophene rings is 1. The molecule has 2 amide bonds. The second-order valence-electron chi connectivity index (χ2n) is 6.22. The summed E-state index contributed by atoms with van der Waals surface area (Å²) in [6, 6.07) is 9.20. The number of rotatable bonds is 6. The molecule has 1 aliphatic carbocycles. The van der Waals surface area contributed by atoms with Crippen molar-refractivity contribution in [3.63, 3.8) is 0 Å². The summed E-state index contributed by atoms with van der Waals surface area (Å²) in [4.78, 5) is 28.5. The summed E-state index contributed by atoms with van der Waals surface area (Å²) in [6.07, 6.45) is 2.19. The van der Waals surface area contributed by atoms with Gasteiger partial charge in [0.25, 0.3) is 0 Å². The Bertz CT molecular complexity index is 913. The van der Waals surface area contributed by atoms with Gasteiger partial charge in [0, 0.05) is 33.6 Å².